The molecule has 3 aromatic rings. The van der Waals surface area contributed by atoms with Crippen LogP contribution < -0.4 is 10.3 Å². The number of fused-ring (bicyclic) bond motifs is 1. The molecule has 3 rings (SSSR count). The standard InChI is InChI=1S/C18H16N2O5/c1-24-14-6-4-5-12(9-14)17(22)18(23)25-11-13-10-16(21)20-8-3-2-7-15(20)19-13/h2-10,17,22H,11H2,1H3/t17-/m1/s1. The molecule has 0 radical (unpaired) electrons. The number of ether oxygens (including phenoxy) is 2. The Morgan fingerprint density at radius 1 is 1.24 bits per heavy atom. The highest BCUT2D eigenvalue weighted by Gasteiger charge is 2.20. The van der Waals surface area contributed by atoms with Crippen molar-refractivity contribution in [1.82, 2.24) is 9.38 Å². The van der Waals surface area contributed by atoms with Crippen molar-refractivity contribution in [3.05, 3.63) is 76.3 Å². The Morgan fingerprint density at radius 2 is 2.08 bits per heavy atom. The minimum Gasteiger partial charge on any atom is -0.497 e. The summed E-state index contributed by atoms with van der Waals surface area (Å²) in [5, 5.41) is 10.1. The molecule has 0 saturated carbocycles. The normalized spacial score (nSPS) is 11.9. The number of rotatable bonds is 5. The maximum Gasteiger partial charge on any atom is 0.340 e. The average molecular weight is 340 g/mol. The zero-order valence-electron chi connectivity index (χ0n) is 13.5. The van der Waals surface area contributed by atoms with Gasteiger partial charge in [-0.1, -0.05) is 18.2 Å². The highest BCUT2D eigenvalue weighted by Crippen LogP contribution is 2.20. The highest BCUT2D eigenvalue weighted by atomic mass is 16.5. The molecule has 0 aliphatic heterocycles. The third-order valence-corrected chi connectivity index (χ3v) is 3.62. The van der Waals surface area contributed by atoms with Gasteiger partial charge < -0.3 is 14.6 Å². The van der Waals surface area contributed by atoms with Gasteiger partial charge in [0.15, 0.2) is 6.10 Å². The lowest BCUT2D eigenvalue weighted by Gasteiger charge is -2.12. The van der Waals surface area contributed by atoms with E-state index in [0.717, 1.165) is 0 Å². The fourth-order valence-electron chi connectivity index (χ4n) is 2.35. The van der Waals surface area contributed by atoms with Crippen LogP contribution in [0.4, 0.5) is 0 Å². The van der Waals surface area contributed by atoms with Crippen molar-refractivity contribution in [1.29, 1.82) is 0 Å². The topological polar surface area (TPSA) is 90.1 Å². The van der Waals surface area contributed by atoms with Crippen LogP contribution in [0.3, 0.4) is 0 Å². The lowest BCUT2D eigenvalue weighted by Crippen LogP contribution is -2.18. The predicted molar refractivity (Wildman–Crippen MR) is 89.2 cm³/mol. The van der Waals surface area contributed by atoms with E-state index in [4.69, 9.17) is 9.47 Å². The molecule has 0 aliphatic rings. The van der Waals surface area contributed by atoms with E-state index < -0.39 is 12.1 Å². The number of esters is 1. The molecule has 7 nitrogen and oxygen atoms in total. The molecule has 0 aliphatic carbocycles. The number of carbonyl (C=O) groups is 1. The molecular formula is C18H16N2O5. The number of nitrogens with zero attached hydrogens (tertiary/aromatic N) is 2. The van der Waals surface area contributed by atoms with Crippen LogP contribution >= 0.6 is 0 Å². The molecule has 0 saturated heterocycles. The molecule has 0 amide bonds. The number of methoxy groups -OCH3 is 1. The maximum atomic E-state index is 12.0. The first-order chi connectivity index (χ1) is 12.1. The average Bonchev–Trinajstić information content (AvgIpc) is 2.65. The van der Waals surface area contributed by atoms with Crippen molar-refractivity contribution >= 4 is 11.6 Å². The molecular weight excluding hydrogens is 324 g/mol. The largest absolute Gasteiger partial charge is 0.497 e. The second kappa shape index (κ2) is 7.14. The molecule has 2 heterocycles. The van der Waals surface area contributed by atoms with Gasteiger partial charge >= 0.3 is 5.97 Å². The first-order valence-corrected chi connectivity index (χ1v) is 7.54. The number of benzene rings is 1. The molecule has 0 unspecified atom stereocenters. The predicted octanol–water partition coefficient (Wildman–Crippen LogP) is 1.48. The summed E-state index contributed by atoms with van der Waals surface area (Å²) >= 11 is 0. The number of hydrogen-bond acceptors (Lipinski definition) is 6. The Hall–Kier alpha value is -3.19. The molecule has 2 aromatic heterocycles. The minimum absolute atomic E-state index is 0.208. The summed E-state index contributed by atoms with van der Waals surface area (Å²) in [6, 6.07) is 13.0. The number of aliphatic hydroxyl groups is 1. The maximum absolute atomic E-state index is 12.0. The van der Waals surface area contributed by atoms with Gasteiger partial charge in [-0.2, -0.15) is 0 Å². The van der Waals surface area contributed by atoms with E-state index in [-0.39, 0.29) is 12.2 Å². The SMILES string of the molecule is COc1cccc([C@@H](O)C(=O)OCc2cc(=O)n3ccccc3n2)c1. The summed E-state index contributed by atoms with van der Waals surface area (Å²) in [6.07, 6.45) is 0.157. The Bertz CT molecular complexity index is 967. The minimum atomic E-state index is -1.45. The number of aliphatic hydroxyl groups excluding tert-OH is 1. The third-order valence-electron chi connectivity index (χ3n) is 3.62. The molecule has 128 valence electrons. The molecule has 1 atom stereocenters. The van der Waals surface area contributed by atoms with Crippen LogP contribution in [-0.2, 0) is 16.1 Å². The second-order valence-electron chi connectivity index (χ2n) is 5.30. The number of pyridine rings is 1. The van der Waals surface area contributed by atoms with Crippen molar-refractivity contribution in [3.8, 4) is 5.75 Å². The van der Waals surface area contributed by atoms with Gasteiger partial charge in [-0.3, -0.25) is 9.20 Å². The quantitative estimate of drug-likeness (QED) is 0.708. The lowest BCUT2D eigenvalue weighted by atomic mass is 10.1. The van der Waals surface area contributed by atoms with Crippen LogP contribution in [0.15, 0.2) is 59.5 Å². The number of carbonyl (C=O) groups excluding carboxylic acids is 1. The van der Waals surface area contributed by atoms with Gasteiger partial charge in [0.1, 0.15) is 18.0 Å². The van der Waals surface area contributed by atoms with Crippen LogP contribution in [0.1, 0.15) is 17.4 Å². The van der Waals surface area contributed by atoms with E-state index in [0.29, 0.717) is 22.7 Å². The van der Waals surface area contributed by atoms with E-state index in [2.05, 4.69) is 4.98 Å². The summed E-state index contributed by atoms with van der Waals surface area (Å²) in [6.45, 7) is -0.208. The fraction of sp³-hybridized carbons (Fsp3) is 0.167. The first-order valence-electron chi connectivity index (χ1n) is 7.54. The van der Waals surface area contributed by atoms with Crippen molar-refractivity contribution in [2.75, 3.05) is 7.11 Å². The van der Waals surface area contributed by atoms with E-state index >= 15 is 0 Å². The highest BCUT2D eigenvalue weighted by molar-refractivity contribution is 5.76. The van der Waals surface area contributed by atoms with Crippen molar-refractivity contribution in [2.24, 2.45) is 0 Å². The van der Waals surface area contributed by atoms with Crippen LogP contribution in [0.2, 0.25) is 0 Å². The van der Waals surface area contributed by atoms with Crippen LogP contribution in [0.25, 0.3) is 5.65 Å². The van der Waals surface area contributed by atoms with Gasteiger partial charge in [0.2, 0.25) is 0 Å². The molecule has 25 heavy (non-hydrogen) atoms. The van der Waals surface area contributed by atoms with Gasteiger partial charge in [0.05, 0.1) is 12.8 Å². The summed E-state index contributed by atoms with van der Waals surface area (Å²) in [5.41, 5.74) is 0.845. The lowest BCUT2D eigenvalue weighted by molar-refractivity contribution is -0.155. The zero-order chi connectivity index (χ0) is 17.8. The van der Waals surface area contributed by atoms with Crippen molar-refractivity contribution < 1.29 is 19.4 Å². The van der Waals surface area contributed by atoms with E-state index in [1.54, 1.807) is 48.7 Å². The zero-order valence-corrected chi connectivity index (χ0v) is 13.5. The first kappa shape index (κ1) is 16.7. The van der Waals surface area contributed by atoms with Gasteiger partial charge in [0, 0.05) is 12.3 Å². The smallest absolute Gasteiger partial charge is 0.340 e. The monoisotopic (exact) mass is 340 g/mol. The fourth-order valence-corrected chi connectivity index (χ4v) is 2.35. The molecule has 7 heteroatoms. The van der Waals surface area contributed by atoms with Crippen LogP contribution in [0.5, 0.6) is 5.75 Å². The van der Waals surface area contributed by atoms with Crippen molar-refractivity contribution in [3.63, 3.8) is 0 Å². The second-order valence-corrected chi connectivity index (χ2v) is 5.30. The molecule has 1 N–H and O–H groups in total. The third kappa shape index (κ3) is 3.67. The van der Waals surface area contributed by atoms with Gasteiger partial charge in [0.25, 0.3) is 5.56 Å². The Balaban J connectivity index is 1.72. The number of hydrogen-bond donors (Lipinski definition) is 1. The summed E-state index contributed by atoms with van der Waals surface area (Å²) in [5.74, 6) is -0.308. The van der Waals surface area contributed by atoms with Gasteiger partial charge in [-0.15, -0.1) is 0 Å². The van der Waals surface area contributed by atoms with E-state index in [9.17, 15) is 14.7 Å². The Kier molecular flexibility index (Phi) is 4.76. The molecule has 0 fully saturated rings. The van der Waals surface area contributed by atoms with Crippen molar-refractivity contribution in [2.45, 2.75) is 12.7 Å². The van der Waals surface area contributed by atoms with Crippen LogP contribution in [-0.4, -0.2) is 27.6 Å². The Labute approximate surface area is 143 Å². The van der Waals surface area contributed by atoms with Gasteiger partial charge in [-0.05, 0) is 29.8 Å². The van der Waals surface area contributed by atoms with E-state index in [1.807, 2.05) is 0 Å². The number of aromatic nitrogens is 2. The molecule has 0 bridgehead atoms. The molecule has 1 aromatic carbocycles. The van der Waals surface area contributed by atoms with E-state index in [1.165, 1.54) is 17.6 Å². The molecule has 0 spiro atoms. The summed E-state index contributed by atoms with van der Waals surface area (Å²) in [7, 11) is 1.49. The van der Waals surface area contributed by atoms with Gasteiger partial charge in [-0.25, -0.2) is 9.78 Å². The van der Waals surface area contributed by atoms with Crippen LogP contribution in [0, 0.1) is 0 Å². The summed E-state index contributed by atoms with van der Waals surface area (Å²) < 4.78 is 11.5. The Morgan fingerprint density at radius 3 is 2.88 bits per heavy atom. The summed E-state index contributed by atoms with van der Waals surface area (Å²) in [4.78, 5) is 28.3.